The third kappa shape index (κ3) is 5.53. The number of hydrogen-bond donors (Lipinski definition) is 2. The Hall–Kier alpha value is -4.14. The quantitative estimate of drug-likeness (QED) is 0.157. The van der Waals surface area contributed by atoms with Crippen LogP contribution in [-0.4, -0.2) is 38.0 Å². The Morgan fingerprint density at radius 3 is 1.97 bits per heavy atom. The lowest BCUT2D eigenvalue weighted by atomic mass is 9.98. The van der Waals surface area contributed by atoms with E-state index in [0.717, 1.165) is 16.8 Å². The van der Waals surface area contributed by atoms with E-state index in [1.54, 1.807) is 39.0 Å². The van der Waals surface area contributed by atoms with Gasteiger partial charge in [0.15, 0.2) is 0 Å². The van der Waals surface area contributed by atoms with Gasteiger partial charge in [0.2, 0.25) is 0 Å². The Kier molecular flexibility index (Phi) is 7.06. The van der Waals surface area contributed by atoms with Crippen LogP contribution in [0.4, 0.5) is 5.69 Å². The van der Waals surface area contributed by atoms with Crippen LogP contribution in [0.5, 0.6) is 0 Å². The Bertz CT molecular complexity index is 1610. The van der Waals surface area contributed by atoms with Crippen LogP contribution in [0.3, 0.4) is 0 Å². The molecule has 39 heavy (non-hydrogen) atoms. The number of hydrogen-bond acceptors (Lipinski definition) is 6. The molecular formula is C30H35N3O6. The lowest BCUT2D eigenvalue weighted by Gasteiger charge is -2.19. The maximum absolute atomic E-state index is 13.2. The van der Waals surface area contributed by atoms with Gasteiger partial charge in [-0.25, -0.2) is 9.59 Å². The summed E-state index contributed by atoms with van der Waals surface area (Å²) in [6.07, 6.45) is 0.998. The van der Waals surface area contributed by atoms with Crippen molar-refractivity contribution in [3.63, 3.8) is 0 Å². The molecule has 2 aromatic heterocycles. The molecule has 9 nitrogen and oxygen atoms in total. The van der Waals surface area contributed by atoms with Crippen molar-refractivity contribution in [3.05, 3.63) is 74.3 Å². The molecule has 2 N–H and O–H groups in total. The van der Waals surface area contributed by atoms with Crippen molar-refractivity contribution in [2.75, 3.05) is 0 Å². The highest BCUT2D eigenvalue weighted by Crippen LogP contribution is 2.37. The molecular weight excluding hydrogens is 498 g/mol. The summed E-state index contributed by atoms with van der Waals surface area (Å²) < 4.78 is 11.3. The first-order chi connectivity index (χ1) is 18.1. The number of aromatic amines is 2. The fraction of sp³-hybridized carbons (Fsp3) is 0.400. The molecule has 0 fully saturated rings. The number of fused-ring (bicyclic) bond motifs is 3. The first kappa shape index (κ1) is 27.9. The molecule has 0 spiro atoms. The van der Waals surface area contributed by atoms with Gasteiger partial charge in [0, 0.05) is 34.6 Å². The Labute approximate surface area is 227 Å². The molecule has 4 aromatic rings. The Balaban J connectivity index is 1.93. The third-order valence-corrected chi connectivity index (χ3v) is 6.46. The van der Waals surface area contributed by atoms with E-state index in [0.29, 0.717) is 45.8 Å². The molecule has 2 aromatic carbocycles. The highest BCUT2D eigenvalue weighted by atomic mass is 16.6. The number of esters is 2. The Morgan fingerprint density at radius 1 is 0.846 bits per heavy atom. The van der Waals surface area contributed by atoms with Crippen molar-refractivity contribution in [1.29, 1.82) is 0 Å². The van der Waals surface area contributed by atoms with Gasteiger partial charge in [-0.3, -0.25) is 10.1 Å². The summed E-state index contributed by atoms with van der Waals surface area (Å²) in [5.41, 5.74) is 2.57. The van der Waals surface area contributed by atoms with E-state index in [4.69, 9.17) is 9.47 Å². The highest BCUT2D eigenvalue weighted by molar-refractivity contribution is 6.17. The molecule has 4 rings (SSSR count). The zero-order valence-electron chi connectivity index (χ0n) is 23.7. The molecule has 2 heterocycles. The van der Waals surface area contributed by atoms with E-state index >= 15 is 0 Å². The fourth-order valence-electron chi connectivity index (χ4n) is 4.97. The average Bonchev–Trinajstić information content (AvgIpc) is 3.34. The number of aromatic nitrogens is 2. The minimum absolute atomic E-state index is 0.0162. The smallest absolute Gasteiger partial charge is 0.355 e. The average molecular weight is 534 g/mol. The lowest BCUT2D eigenvalue weighted by Crippen LogP contribution is -2.24. The summed E-state index contributed by atoms with van der Waals surface area (Å²) in [4.78, 5) is 44.1. The number of non-ortho nitro benzene ring substituents is 1. The number of benzene rings is 2. The molecule has 0 aliphatic rings. The second-order valence-corrected chi connectivity index (χ2v) is 11.7. The molecule has 0 atom stereocenters. The lowest BCUT2D eigenvalue weighted by molar-refractivity contribution is -0.383. The van der Waals surface area contributed by atoms with Gasteiger partial charge in [-0.15, -0.1) is 0 Å². The second kappa shape index (κ2) is 9.87. The molecule has 0 radical (unpaired) electrons. The second-order valence-electron chi connectivity index (χ2n) is 11.7. The van der Waals surface area contributed by atoms with Gasteiger partial charge in [-0.05, 0) is 77.5 Å². The fourth-order valence-corrected chi connectivity index (χ4v) is 4.97. The summed E-state index contributed by atoms with van der Waals surface area (Å²) in [5, 5.41) is 14.2. The van der Waals surface area contributed by atoms with Gasteiger partial charge in [0.05, 0.1) is 10.3 Å². The van der Waals surface area contributed by atoms with Crippen LogP contribution >= 0.6 is 0 Å². The molecule has 0 saturated heterocycles. The van der Waals surface area contributed by atoms with Crippen LogP contribution in [0.15, 0.2) is 30.3 Å². The topological polar surface area (TPSA) is 127 Å². The first-order valence-corrected chi connectivity index (χ1v) is 13.0. The highest BCUT2D eigenvalue weighted by Gasteiger charge is 2.28. The number of carbonyl (C=O) groups is 2. The summed E-state index contributed by atoms with van der Waals surface area (Å²) in [6.45, 7) is 14.7. The van der Waals surface area contributed by atoms with Crippen molar-refractivity contribution in [1.82, 2.24) is 9.97 Å². The summed E-state index contributed by atoms with van der Waals surface area (Å²) in [5.74, 6) is -0.954. The molecule has 0 bridgehead atoms. The van der Waals surface area contributed by atoms with Gasteiger partial charge >= 0.3 is 11.9 Å². The number of rotatable bonds is 6. The third-order valence-electron chi connectivity index (χ3n) is 6.46. The van der Waals surface area contributed by atoms with E-state index in [9.17, 15) is 19.7 Å². The van der Waals surface area contributed by atoms with Crippen molar-refractivity contribution in [3.8, 4) is 0 Å². The van der Waals surface area contributed by atoms with Crippen LogP contribution in [-0.2, 0) is 22.3 Å². The van der Waals surface area contributed by atoms with Crippen molar-refractivity contribution >= 4 is 39.2 Å². The van der Waals surface area contributed by atoms with Crippen molar-refractivity contribution in [2.45, 2.75) is 79.4 Å². The summed E-state index contributed by atoms with van der Waals surface area (Å²) in [6, 6.07) is 8.30. The first-order valence-electron chi connectivity index (χ1n) is 13.0. The van der Waals surface area contributed by atoms with Gasteiger partial charge < -0.3 is 19.4 Å². The van der Waals surface area contributed by atoms with Gasteiger partial charge in [-0.1, -0.05) is 25.1 Å². The van der Waals surface area contributed by atoms with E-state index in [1.165, 1.54) is 6.07 Å². The normalized spacial score (nSPS) is 12.2. The predicted molar refractivity (Wildman–Crippen MR) is 151 cm³/mol. The largest absolute Gasteiger partial charge is 0.455 e. The van der Waals surface area contributed by atoms with E-state index < -0.39 is 28.1 Å². The number of nitrogens with one attached hydrogen (secondary N) is 2. The maximum Gasteiger partial charge on any atom is 0.355 e. The van der Waals surface area contributed by atoms with Crippen LogP contribution in [0.2, 0.25) is 0 Å². The number of nitro groups is 1. The summed E-state index contributed by atoms with van der Waals surface area (Å²) >= 11 is 0. The molecule has 0 unspecified atom stereocenters. The zero-order valence-corrected chi connectivity index (χ0v) is 23.7. The van der Waals surface area contributed by atoms with Gasteiger partial charge in [0.1, 0.15) is 22.6 Å². The minimum atomic E-state index is -0.710. The van der Waals surface area contributed by atoms with E-state index in [2.05, 4.69) is 9.97 Å². The maximum atomic E-state index is 13.2. The van der Waals surface area contributed by atoms with E-state index in [-0.39, 0.29) is 11.4 Å². The summed E-state index contributed by atoms with van der Waals surface area (Å²) in [7, 11) is 0. The standard InChI is InChI=1S/C30H35N3O6/c1-9-17-16(2)25(27(34)38-29(3,4)5)31-21(17)15-22-24-19-11-10-12-23(33(36)37)18(19)13-14-20(24)26(32-22)28(35)39-30(6,7)8/h10-14,31-32H,9,15H2,1-8H3. The van der Waals surface area contributed by atoms with E-state index in [1.807, 2.05) is 40.7 Å². The predicted octanol–water partition coefficient (Wildman–Crippen LogP) is 6.93. The Morgan fingerprint density at radius 2 is 1.41 bits per heavy atom. The van der Waals surface area contributed by atoms with Gasteiger partial charge in [-0.2, -0.15) is 0 Å². The molecule has 0 aliphatic heterocycles. The monoisotopic (exact) mass is 533 g/mol. The molecule has 0 amide bonds. The number of ether oxygens (including phenoxy) is 2. The van der Waals surface area contributed by atoms with Crippen LogP contribution in [0.25, 0.3) is 21.5 Å². The number of nitro benzene ring substituents is 1. The van der Waals surface area contributed by atoms with Crippen LogP contribution in [0, 0.1) is 17.0 Å². The molecule has 206 valence electrons. The SMILES string of the molecule is CCc1c(Cc2[nH]c(C(=O)OC(C)(C)C)c3ccc4c([N+](=O)[O-])cccc4c23)[nH]c(C(=O)OC(C)(C)C)c1C. The minimum Gasteiger partial charge on any atom is -0.455 e. The zero-order chi connectivity index (χ0) is 28.9. The number of H-pyrrole nitrogens is 2. The van der Waals surface area contributed by atoms with Crippen LogP contribution < -0.4 is 0 Å². The number of nitrogens with zero attached hydrogens (tertiary/aromatic N) is 1. The molecule has 9 heteroatoms. The van der Waals surface area contributed by atoms with Gasteiger partial charge in [0.25, 0.3) is 5.69 Å². The van der Waals surface area contributed by atoms with Crippen LogP contribution in [0.1, 0.15) is 92.0 Å². The molecule has 0 aliphatic carbocycles. The van der Waals surface area contributed by atoms with Crippen molar-refractivity contribution < 1.29 is 24.0 Å². The molecule has 0 saturated carbocycles. The number of carbonyl (C=O) groups excluding carboxylic acids is 2. The van der Waals surface area contributed by atoms with Crippen molar-refractivity contribution in [2.24, 2.45) is 0 Å².